The molecule has 1 heterocycles. The first kappa shape index (κ1) is 19.0. The number of rotatable bonds is 7. The Morgan fingerprint density at radius 3 is 2.46 bits per heavy atom. The highest BCUT2D eigenvalue weighted by Gasteiger charge is 2.26. The van der Waals surface area contributed by atoms with Gasteiger partial charge in [-0.1, -0.05) is 54.6 Å². The summed E-state index contributed by atoms with van der Waals surface area (Å²) in [5.41, 5.74) is 3.35. The van der Waals surface area contributed by atoms with Crippen LogP contribution in [0.25, 0.3) is 0 Å². The second-order valence-electron chi connectivity index (χ2n) is 6.90. The van der Waals surface area contributed by atoms with Crippen molar-refractivity contribution in [3.8, 4) is 0 Å². The first-order valence-electron chi connectivity index (χ1n) is 8.87. The van der Waals surface area contributed by atoms with E-state index in [9.17, 15) is 8.42 Å². The molecule has 0 aliphatic carbocycles. The topological polar surface area (TPSA) is 67.4 Å². The molecule has 26 heavy (non-hydrogen) atoms. The Balaban J connectivity index is 1.50. The number of hydrogen-bond acceptors (Lipinski definition) is 4. The summed E-state index contributed by atoms with van der Waals surface area (Å²) in [7, 11) is -3.21. The van der Waals surface area contributed by atoms with Crippen LogP contribution < -0.4 is 10.0 Å². The number of benzene rings is 2. The van der Waals surface area contributed by atoms with Crippen LogP contribution in [0.5, 0.6) is 0 Å². The van der Waals surface area contributed by atoms with Gasteiger partial charge in [0.15, 0.2) is 0 Å². The van der Waals surface area contributed by atoms with Crippen LogP contribution in [0.4, 0.5) is 0 Å². The molecule has 0 radical (unpaired) electrons. The van der Waals surface area contributed by atoms with E-state index in [1.807, 2.05) is 49.4 Å². The molecule has 0 saturated carbocycles. The van der Waals surface area contributed by atoms with Crippen LogP contribution in [0, 0.1) is 0 Å². The van der Waals surface area contributed by atoms with E-state index in [0.29, 0.717) is 12.6 Å². The molecule has 1 saturated heterocycles. The van der Waals surface area contributed by atoms with Gasteiger partial charge in [0, 0.05) is 18.6 Å². The molecule has 0 bridgehead atoms. The van der Waals surface area contributed by atoms with Crippen LogP contribution in [0.2, 0.25) is 0 Å². The van der Waals surface area contributed by atoms with Gasteiger partial charge in [0.25, 0.3) is 0 Å². The minimum atomic E-state index is -3.21. The molecule has 2 aromatic rings. The third-order valence-corrected chi connectivity index (χ3v) is 5.42. The van der Waals surface area contributed by atoms with Crippen molar-refractivity contribution >= 4 is 10.0 Å². The lowest BCUT2D eigenvalue weighted by atomic mass is 10.0. The van der Waals surface area contributed by atoms with E-state index in [-0.39, 0.29) is 12.1 Å². The monoisotopic (exact) mass is 374 g/mol. The van der Waals surface area contributed by atoms with Gasteiger partial charge in [0.05, 0.1) is 19.0 Å². The summed E-state index contributed by atoms with van der Waals surface area (Å²) in [6.07, 6.45) is 2.31. The predicted molar refractivity (Wildman–Crippen MR) is 103 cm³/mol. The third-order valence-electron chi connectivity index (χ3n) is 4.63. The average molecular weight is 375 g/mol. The molecular weight excluding hydrogens is 348 g/mol. The third kappa shape index (κ3) is 5.38. The summed E-state index contributed by atoms with van der Waals surface area (Å²) in [5, 5.41) is 3.55. The molecule has 0 spiro atoms. The molecule has 2 aromatic carbocycles. The lowest BCUT2D eigenvalue weighted by Gasteiger charge is -2.14. The molecule has 3 atom stereocenters. The van der Waals surface area contributed by atoms with Crippen LogP contribution >= 0.6 is 0 Å². The summed E-state index contributed by atoms with van der Waals surface area (Å²) in [4.78, 5) is 0. The zero-order valence-corrected chi connectivity index (χ0v) is 16.0. The maximum absolute atomic E-state index is 11.3. The Kier molecular flexibility index (Phi) is 6.09. The number of hydrogen-bond donors (Lipinski definition) is 2. The van der Waals surface area contributed by atoms with Crippen molar-refractivity contribution < 1.29 is 13.2 Å². The van der Waals surface area contributed by atoms with E-state index in [1.165, 1.54) is 17.4 Å². The van der Waals surface area contributed by atoms with Crippen LogP contribution in [-0.4, -0.2) is 27.3 Å². The first-order valence-corrected chi connectivity index (χ1v) is 10.8. The summed E-state index contributed by atoms with van der Waals surface area (Å²) in [6, 6.07) is 18.4. The van der Waals surface area contributed by atoms with Gasteiger partial charge in [0.2, 0.25) is 10.0 Å². The molecule has 6 heteroatoms. The first-order chi connectivity index (χ1) is 12.4. The van der Waals surface area contributed by atoms with Gasteiger partial charge in [-0.25, -0.2) is 13.1 Å². The van der Waals surface area contributed by atoms with Gasteiger partial charge in [-0.05, 0) is 30.0 Å². The highest BCUT2D eigenvalue weighted by molar-refractivity contribution is 7.88. The van der Waals surface area contributed by atoms with Gasteiger partial charge in [-0.2, -0.15) is 0 Å². The number of nitrogens with one attached hydrogen (secondary N) is 2. The molecule has 1 aliphatic rings. The van der Waals surface area contributed by atoms with Crippen molar-refractivity contribution in [3.63, 3.8) is 0 Å². The van der Waals surface area contributed by atoms with Crippen LogP contribution in [0.3, 0.4) is 0 Å². The summed E-state index contributed by atoms with van der Waals surface area (Å²) < 4.78 is 31.2. The maximum Gasteiger partial charge on any atom is 0.209 e. The summed E-state index contributed by atoms with van der Waals surface area (Å²) >= 11 is 0. The van der Waals surface area contributed by atoms with E-state index in [0.717, 1.165) is 18.5 Å². The van der Waals surface area contributed by atoms with E-state index in [2.05, 4.69) is 22.2 Å². The summed E-state index contributed by atoms with van der Waals surface area (Å²) in [6.45, 7) is 3.32. The van der Waals surface area contributed by atoms with Crippen LogP contribution in [0.15, 0.2) is 54.6 Å². The second kappa shape index (κ2) is 8.31. The molecule has 1 fully saturated rings. The molecule has 0 amide bonds. The van der Waals surface area contributed by atoms with Crippen molar-refractivity contribution in [2.24, 2.45) is 0 Å². The Bertz CT molecular complexity index is 807. The number of sulfonamides is 1. The van der Waals surface area contributed by atoms with Gasteiger partial charge < -0.3 is 10.1 Å². The van der Waals surface area contributed by atoms with Crippen molar-refractivity contribution in [1.82, 2.24) is 10.0 Å². The Hall–Kier alpha value is -1.73. The normalized spacial score (nSPS) is 21.6. The van der Waals surface area contributed by atoms with Crippen LogP contribution in [-0.2, 0) is 21.3 Å². The minimum Gasteiger partial charge on any atom is -0.372 e. The highest BCUT2D eigenvalue weighted by atomic mass is 32.2. The van der Waals surface area contributed by atoms with Gasteiger partial charge in [-0.15, -0.1) is 0 Å². The van der Waals surface area contributed by atoms with Crippen LogP contribution in [0.1, 0.15) is 42.2 Å². The van der Waals surface area contributed by atoms with E-state index >= 15 is 0 Å². The molecule has 3 unspecified atom stereocenters. The minimum absolute atomic E-state index is 0.166. The van der Waals surface area contributed by atoms with E-state index < -0.39 is 10.0 Å². The molecule has 3 rings (SSSR count). The predicted octanol–water partition coefficient (Wildman–Crippen LogP) is 2.92. The summed E-state index contributed by atoms with van der Waals surface area (Å²) in [5.74, 6) is 0. The average Bonchev–Trinajstić information content (AvgIpc) is 3.09. The highest BCUT2D eigenvalue weighted by Crippen LogP contribution is 2.28. The molecule has 0 aromatic heterocycles. The zero-order valence-electron chi connectivity index (χ0n) is 15.2. The van der Waals surface area contributed by atoms with Gasteiger partial charge in [0.1, 0.15) is 0 Å². The molecule has 140 valence electrons. The lowest BCUT2D eigenvalue weighted by molar-refractivity contribution is 0.109. The standard InChI is InChI=1S/C20H26N2O3S/c1-15(22-26(2,23)24)17-10-8-16(9-11-17)13-21-19-12-20(25-14-19)18-6-4-3-5-7-18/h3-11,15,19-22H,12-14H2,1-2H3. The largest absolute Gasteiger partial charge is 0.372 e. The lowest BCUT2D eigenvalue weighted by Crippen LogP contribution is -2.28. The Labute approximate surface area is 155 Å². The Morgan fingerprint density at radius 2 is 1.81 bits per heavy atom. The fourth-order valence-electron chi connectivity index (χ4n) is 3.24. The van der Waals surface area contributed by atoms with Crippen molar-refractivity contribution in [1.29, 1.82) is 0 Å². The quantitative estimate of drug-likeness (QED) is 0.782. The fourth-order valence-corrected chi connectivity index (χ4v) is 4.02. The smallest absolute Gasteiger partial charge is 0.209 e. The maximum atomic E-state index is 11.3. The van der Waals surface area contributed by atoms with E-state index in [4.69, 9.17) is 4.74 Å². The van der Waals surface area contributed by atoms with Crippen molar-refractivity contribution in [2.45, 2.75) is 38.1 Å². The number of ether oxygens (including phenoxy) is 1. The molecule has 5 nitrogen and oxygen atoms in total. The second-order valence-corrected chi connectivity index (χ2v) is 8.68. The van der Waals surface area contributed by atoms with Gasteiger partial charge in [-0.3, -0.25) is 0 Å². The Morgan fingerprint density at radius 1 is 1.12 bits per heavy atom. The molecular formula is C20H26N2O3S. The fraction of sp³-hybridized carbons (Fsp3) is 0.400. The molecule has 2 N–H and O–H groups in total. The van der Waals surface area contributed by atoms with Gasteiger partial charge >= 0.3 is 0 Å². The SMILES string of the molecule is CC(NS(C)(=O)=O)c1ccc(CNC2COC(c3ccccc3)C2)cc1. The van der Waals surface area contributed by atoms with Crippen molar-refractivity contribution in [2.75, 3.05) is 12.9 Å². The molecule has 1 aliphatic heterocycles. The van der Waals surface area contributed by atoms with E-state index in [1.54, 1.807) is 0 Å². The van der Waals surface area contributed by atoms with Crippen molar-refractivity contribution in [3.05, 3.63) is 71.3 Å². The zero-order chi connectivity index (χ0) is 18.6.